The number of ether oxygens (including phenoxy) is 1. The molecule has 1 aliphatic rings. The standard InChI is InChI=1S/C18H24N4O2/c1-21-12-16(11-20-21)14-5-6-17(19-10-14)15-4-3-8-22(13-15)18(23)7-9-24-2/h5-6,10-12,15H,3-4,7-9,13H2,1-2H3. The van der Waals surface area contributed by atoms with Crippen LogP contribution >= 0.6 is 0 Å². The average molecular weight is 328 g/mol. The normalized spacial score (nSPS) is 17.9. The van der Waals surface area contributed by atoms with E-state index in [9.17, 15) is 4.79 Å². The van der Waals surface area contributed by atoms with Gasteiger partial charge < -0.3 is 9.64 Å². The van der Waals surface area contributed by atoms with Crippen LogP contribution in [0.1, 0.15) is 30.9 Å². The Morgan fingerprint density at radius 1 is 1.33 bits per heavy atom. The molecule has 1 saturated heterocycles. The summed E-state index contributed by atoms with van der Waals surface area (Å²) in [4.78, 5) is 18.8. The van der Waals surface area contributed by atoms with Gasteiger partial charge in [0.15, 0.2) is 0 Å². The molecule has 128 valence electrons. The van der Waals surface area contributed by atoms with E-state index in [1.807, 2.05) is 30.5 Å². The van der Waals surface area contributed by atoms with Crippen LogP contribution in [0.4, 0.5) is 0 Å². The molecule has 3 heterocycles. The lowest BCUT2D eigenvalue weighted by Crippen LogP contribution is -2.39. The lowest BCUT2D eigenvalue weighted by Gasteiger charge is -2.32. The van der Waals surface area contributed by atoms with E-state index in [1.54, 1.807) is 11.8 Å². The molecule has 1 amide bonds. The molecule has 0 aliphatic carbocycles. The van der Waals surface area contributed by atoms with Crippen molar-refractivity contribution in [2.75, 3.05) is 26.8 Å². The third-order valence-electron chi connectivity index (χ3n) is 4.54. The predicted octanol–water partition coefficient (Wildman–Crippen LogP) is 2.22. The summed E-state index contributed by atoms with van der Waals surface area (Å²) in [6.07, 6.45) is 8.28. The molecule has 6 heteroatoms. The Labute approximate surface area is 142 Å². The van der Waals surface area contributed by atoms with Crippen molar-refractivity contribution in [2.24, 2.45) is 7.05 Å². The van der Waals surface area contributed by atoms with E-state index >= 15 is 0 Å². The zero-order valence-electron chi connectivity index (χ0n) is 14.3. The Balaban J connectivity index is 1.66. The van der Waals surface area contributed by atoms with Crippen LogP contribution in [0, 0.1) is 0 Å². The number of carbonyl (C=O) groups excluding carboxylic acids is 1. The molecule has 0 saturated carbocycles. The fourth-order valence-corrected chi connectivity index (χ4v) is 3.18. The number of aryl methyl sites for hydroxylation is 1. The van der Waals surface area contributed by atoms with Gasteiger partial charge in [-0.3, -0.25) is 14.5 Å². The SMILES string of the molecule is COCCC(=O)N1CCCC(c2ccc(-c3cnn(C)c3)cn2)C1. The van der Waals surface area contributed by atoms with Crippen LogP contribution in [0.25, 0.3) is 11.1 Å². The number of nitrogens with zero attached hydrogens (tertiary/aromatic N) is 4. The smallest absolute Gasteiger partial charge is 0.224 e. The number of aromatic nitrogens is 3. The van der Waals surface area contributed by atoms with Crippen LogP contribution in [0.3, 0.4) is 0 Å². The van der Waals surface area contributed by atoms with E-state index in [2.05, 4.69) is 22.2 Å². The lowest BCUT2D eigenvalue weighted by molar-refractivity contribution is -0.133. The van der Waals surface area contributed by atoms with Crippen LogP contribution in [0.5, 0.6) is 0 Å². The van der Waals surface area contributed by atoms with Gasteiger partial charge in [0.25, 0.3) is 0 Å². The number of methoxy groups -OCH3 is 1. The van der Waals surface area contributed by atoms with E-state index in [4.69, 9.17) is 4.74 Å². The zero-order valence-corrected chi connectivity index (χ0v) is 14.3. The third kappa shape index (κ3) is 3.82. The molecule has 0 N–H and O–H groups in total. The second kappa shape index (κ2) is 7.57. The minimum Gasteiger partial charge on any atom is -0.384 e. The van der Waals surface area contributed by atoms with Crippen molar-refractivity contribution in [3.8, 4) is 11.1 Å². The summed E-state index contributed by atoms with van der Waals surface area (Å²) in [7, 11) is 3.53. The molecule has 0 bridgehead atoms. The molecular weight excluding hydrogens is 304 g/mol. The Morgan fingerprint density at radius 2 is 2.21 bits per heavy atom. The molecular formula is C18H24N4O2. The molecule has 0 spiro atoms. The first kappa shape index (κ1) is 16.6. The molecule has 6 nitrogen and oxygen atoms in total. The van der Waals surface area contributed by atoms with E-state index < -0.39 is 0 Å². The van der Waals surface area contributed by atoms with E-state index in [0.717, 1.165) is 42.8 Å². The lowest BCUT2D eigenvalue weighted by atomic mass is 9.93. The maximum Gasteiger partial charge on any atom is 0.224 e. The van der Waals surface area contributed by atoms with Gasteiger partial charge >= 0.3 is 0 Å². The Bertz CT molecular complexity index is 681. The monoisotopic (exact) mass is 328 g/mol. The zero-order chi connectivity index (χ0) is 16.9. The predicted molar refractivity (Wildman–Crippen MR) is 91.5 cm³/mol. The van der Waals surface area contributed by atoms with Gasteiger partial charge in [0, 0.05) is 62.4 Å². The number of likely N-dealkylation sites (tertiary alicyclic amines) is 1. The van der Waals surface area contributed by atoms with Crippen molar-refractivity contribution in [3.63, 3.8) is 0 Å². The van der Waals surface area contributed by atoms with Crippen LogP contribution in [-0.2, 0) is 16.6 Å². The van der Waals surface area contributed by atoms with Crippen molar-refractivity contribution < 1.29 is 9.53 Å². The summed E-state index contributed by atoms with van der Waals surface area (Å²) in [6, 6.07) is 4.17. The first-order valence-electron chi connectivity index (χ1n) is 8.39. The highest BCUT2D eigenvalue weighted by Crippen LogP contribution is 2.27. The molecule has 2 aromatic rings. The van der Waals surface area contributed by atoms with Gasteiger partial charge in [-0.2, -0.15) is 5.10 Å². The van der Waals surface area contributed by atoms with Crippen molar-refractivity contribution in [2.45, 2.75) is 25.2 Å². The van der Waals surface area contributed by atoms with Crippen LogP contribution < -0.4 is 0 Å². The molecule has 3 rings (SSSR count). The number of pyridine rings is 1. The molecule has 1 aliphatic heterocycles. The van der Waals surface area contributed by atoms with E-state index in [-0.39, 0.29) is 5.91 Å². The van der Waals surface area contributed by atoms with Gasteiger partial charge in [-0.15, -0.1) is 0 Å². The summed E-state index contributed by atoms with van der Waals surface area (Å²) < 4.78 is 6.79. The average Bonchev–Trinajstić information content (AvgIpc) is 3.06. The van der Waals surface area contributed by atoms with E-state index in [1.165, 1.54) is 0 Å². The third-order valence-corrected chi connectivity index (χ3v) is 4.54. The van der Waals surface area contributed by atoms with Gasteiger partial charge in [-0.05, 0) is 18.9 Å². The van der Waals surface area contributed by atoms with Crippen molar-refractivity contribution in [1.29, 1.82) is 0 Å². The maximum atomic E-state index is 12.2. The number of amides is 1. The van der Waals surface area contributed by atoms with Gasteiger partial charge in [0.1, 0.15) is 0 Å². The minimum atomic E-state index is 0.175. The highest BCUT2D eigenvalue weighted by atomic mass is 16.5. The van der Waals surface area contributed by atoms with Crippen molar-refractivity contribution in [1.82, 2.24) is 19.7 Å². The minimum absolute atomic E-state index is 0.175. The van der Waals surface area contributed by atoms with Crippen LogP contribution in [0.2, 0.25) is 0 Å². The topological polar surface area (TPSA) is 60.2 Å². The Hall–Kier alpha value is -2.21. The summed E-state index contributed by atoms with van der Waals surface area (Å²) >= 11 is 0. The number of piperidine rings is 1. The second-order valence-electron chi connectivity index (χ2n) is 6.30. The molecule has 0 radical (unpaired) electrons. The number of carbonyl (C=O) groups is 1. The fraction of sp³-hybridized carbons (Fsp3) is 0.500. The van der Waals surface area contributed by atoms with Gasteiger partial charge in [0.2, 0.25) is 5.91 Å². The second-order valence-corrected chi connectivity index (χ2v) is 6.30. The first-order valence-corrected chi connectivity index (χ1v) is 8.39. The Morgan fingerprint density at radius 3 is 2.88 bits per heavy atom. The molecule has 24 heavy (non-hydrogen) atoms. The molecule has 1 unspecified atom stereocenters. The van der Waals surface area contributed by atoms with Gasteiger partial charge in [-0.1, -0.05) is 6.07 Å². The summed E-state index contributed by atoms with van der Waals surface area (Å²) in [5.41, 5.74) is 3.19. The van der Waals surface area contributed by atoms with Gasteiger partial charge in [-0.25, -0.2) is 0 Å². The largest absolute Gasteiger partial charge is 0.384 e. The summed E-state index contributed by atoms with van der Waals surface area (Å²) in [5, 5.41) is 4.19. The number of rotatable bonds is 5. The fourth-order valence-electron chi connectivity index (χ4n) is 3.18. The molecule has 1 atom stereocenters. The summed E-state index contributed by atoms with van der Waals surface area (Å²) in [6.45, 7) is 2.08. The first-order chi connectivity index (χ1) is 11.7. The molecule has 2 aromatic heterocycles. The maximum absolute atomic E-state index is 12.2. The summed E-state index contributed by atoms with van der Waals surface area (Å²) in [5.74, 6) is 0.488. The van der Waals surface area contributed by atoms with Gasteiger partial charge in [0.05, 0.1) is 19.2 Å². The highest BCUT2D eigenvalue weighted by Gasteiger charge is 2.25. The quantitative estimate of drug-likeness (QED) is 0.844. The van der Waals surface area contributed by atoms with Crippen molar-refractivity contribution >= 4 is 5.91 Å². The highest BCUT2D eigenvalue weighted by molar-refractivity contribution is 5.76. The van der Waals surface area contributed by atoms with Crippen molar-refractivity contribution in [3.05, 3.63) is 36.4 Å². The number of hydrogen-bond donors (Lipinski definition) is 0. The molecule has 0 aromatic carbocycles. The van der Waals surface area contributed by atoms with Crippen LogP contribution in [0.15, 0.2) is 30.7 Å². The van der Waals surface area contributed by atoms with E-state index in [0.29, 0.717) is 18.9 Å². The molecule has 1 fully saturated rings. The van der Waals surface area contributed by atoms with Crippen LogP contribution in [-0.4, -0.2) is 52.4 Å². The number of hydrogen-bond acceptors (Lipinski definition) is 4. The Kier molecular flexibility index (Phi) is 5.25.